The second-order valence-electron chi connectivity index (χ2n) is 11.0. The van der Waals surface area contributed by atoms with Gasteiger partial charge in [0.15, 0.2) is 0 Å². The third-order valence-electron chi connectivity index (χ3n) is 8.24. The zero-order chi connectivity index (χ0) is 23.4. The Balaban J connectivity index is 1.27. The number of nitrogens with one attached hydrogen (secondary N) is 1. The molecule has 4 aliphatic carbocycles. The van der Waals surface area contributed by atoms with Gasteiger partial charge in [-0.25, -0.2) is 0 Å². The molecule has 180 valence electrons. The number of anilines is 1. The lowest BCUT2D eigenvalue weighted by Crippen LogP contribution is -2.61. The van der Waals surface area contributed by atoms with Crippen LogP contribution in [0.5, 0.6) is 0 Å². The van der Waals surface area contributed by atoms with Crippen LogP contribution in [0.2, 0.25) is 0 Å². The van der Waals surface area contributed by atoms with Crippen LogP contribution < -0.4 is 15.4 Å². The Labute approximate surface area is 196 Å². The molecule has 1 aliphatic heterocycles. The van der Waals surface area contributed by atoms with Gasteiger partial charge >= 0.3 is 10.2 Å². The predicted molar refractivity (Wildman–Crippen MR) is 125 cm³/mol. The largest absolute Gasteiger partial charge is 0.370 e. The van der Waals surface area contributed by atoms with Crippen molar-refractivity contribution in [3.8, 4) is 0 Å². The van der Waals surface area contributed by atoms with Crippen molar-refractivity contribution in [2.24, 2.45) is 34.8 Å². The zero-order valence-corrected chi connectivity index (χ0v) is 20.0. The Morgan fingerprint density at radius 2 is 1.76 bits per heavy atom. The van der Waals surface area contributed by atoms with E-state index in [-0.39, 0.29) is 35.7 Å². The number of para-hydroxylation sites is 1. The van der Waals surface area contributed by atoms with Crippen molar-refractivity contribution in [1.82, 2.24) is 9.62 Å². The lowest BCUT2D eigenvalue weighted by Gasteiger charge is -2.60. The van der Waals surface area contributed by atoms with Gasteiger partial charge in [0.1, 0.15) is 0 Å². The third kappa shape index (κ3) is 4.25. The summed E-state index contributed by atoms with van der Waals surface area (Å²) in [6, 6.07) is 9.11. The fourth-order valence-corrected chi connectivity index (χ4v) is 9.23. The van der Waals surface area contributed by atoms with Crippen molar-refractivity contribution in [2.45, 2.75) is 51.5 Å². The molecule has 3 atom stereocenters. The van der Waals surface area contributed by atoms with Crippen LogP contribution in [0.3, 0.4) is 0 Å². The van der Waals surface area contributed by atoms with Crippen LogP contribution in [0.25, 0.3) is 0 Å². The molecule has 1 aromatic carbocycles. The van der Waals surface area contributed by atoms with Crippen LogP contribution in [0.15, 0.2) is 30.3 Å². The molecule has 6 rings (SSSR count). The first kappa shape index (κ1) is 22.7. The van der Waals surface area contributed by atoms with Gasteiger partial charge in [-0.3, -0.25) is 13.9 Å². The van der Waals surface area contributed by atoms with Gasteiger partial charge in [0.2, 0.25) is 11.8 Å². The Kier molecular flexibility index (Phi) is 5.68. The lowest BCUT2D eigenvalue weighted by molar-refractivity contribution is -0.134. The molecular formula is C24H34N4O4S. The van der Waals surface area contributed by atoms with Crippen molar-refractivity contribution < 1.29 is 18.0 Å². The van der Waals surface area contributed by atoms with E-state index in [9.17, 15) is 18.0 Å². The highest BCUT2D eigenvalue weighted by Crippen LogP contribution is 2.61. The Morgan fingerprint density at radius 1 is 1.09 bits per heavy atom. The number of amides is 2. The number of carbonyl (C=O) groups is 2. The minimum Gasteiger partial charge on any atom is -0.370 e. The van der Waals surface area contributed by atoms with E-state index in [0.717, 1.165) is 32.1 Å². The molecule has 5 aliphatic rings. The highest BCUT2D eigenvalue weighted by atomic mass is 32.2. The van der Waals surface area contributed by atoms with E-state index in [1.165, 1.54) is 8.61 Å². The number of benzene rings is 1. The highest BCUT2D eigenvalue weighted by Gasteiger charge is 2.56. The number of nitrogens with zero attached hydrogens (tertiary/aromatic N) is 2. The molecule has 1 saturated heterocycles. The maximum absolute atomic E-state index is 13.3. The molecule has 5 fully saturated rings. The first-order valence-corrected chi connectivity index (χ1v) is 13.5. The van der Waals surface area contributed by atoms with Gasteiger partial charge in [0.25, 0.3) is 0 Å². The van der Waals surface area contributed by atoms with Crippen molar-refractivity contribution >= 4 is 27.7 Å². The molecule has 1 heterocycles. The predicted octanol–water partition coefficient (Wildman–Crippen LogP) is 1.88. The van der Waals surface area contributed by atoms with E-state index in [2.05, 4.69) is 5.32 Å². The average Bonchev–Trinajstić information content (AvgIpc) is 2.72. The monoisotopic (exact) mass is 474 g/mol. The number of hydrogen-bond donors (Lipinski definition) is 2. The van der Waals surface area contributed by atoms with E-state index in [0.29, 0.717) is 43.0 Å². The van der Waals surface area contributed by atoms with Gasteiger partial charge < -0.3 is 11.1 Å². The second-order valence-corrected chi connectivity index (χ2v) is 12.8. The summed E-state index contributed by atoms with van der Waals surface area (Å²) in [5.74, 6) is 0.940. The van der Waals surface area contributed by atoms with Gasteiger partial charge in [-0.1, -0.05) is 25.1 Å². The summed E-state index contributed by atoms with van der Waals surface area (Å²) < 4.78 is 29.3. The highest BCUT2D eigenvalue weighted by molar-refractivity contribution is 7.90. The van der Waals surface area contributed by atoms with Gasteiger partial charge in [0, 0.05) is 25.6 Å². The SMILES string of the molecule is CC1CN(CC(=O)NC2C3CC4CC2CC(CC(N)=O)(C4)C3)S(=O)(=O)N(c2ccccc2)C1. The normalized spacial score (nSPS) is 37.1. The van der Waals surface area contributed by atoms with Crippen LogP contribution in [0.1, 0.15) is 45.4 Å². The summed E-state index contributed by atoms with van der Waals surface area (Å²) in [5.41, 5.74) is 6.17. The Hall–Kier alpha value is -2.13. The maximum atomic E-state index is 13.3. The number of primary amides is 1. The standard InChI is InChI=1S/C24H34N4O4S/c1-16-13-27(33(31,32)28(14-16)20-5-3-2-4-6-20)15-22(30)26-23-18-7-17-8-19(23)11-24(9-17,10-18)12-21(25)29/h2-6,16-19,23H,7-15H2,1H3,(H2,25,29)(H,26,30). The molecule has 3 N–H and O–H groups in total. The van der Waals surface area contributed by atoms with E-state index >= 15 is 0 Å². The van der Waals surface area contributed by atoms with Crippen molar-refractivity contribution in [1.29, 1.82) is 0 Å². The molecule has 4 saturated carbocycles. The topological polar surface area (TPSA) is 113 Å². The lowest BCUT2D eigenvalue weighted by atomic mass is 9.47. The minimum atomic E-state index is -3.78. The maximum Gasteiger partial charge on any atom is 0.304 e. The first-order valence-electron chi connectivity index (χ1n) is 12.1. The van der Waals surface area contributed by atoms with Crippen molar-refractivity contribution in [3.63, 3.8) is 0 Å². The van der Waals surface area contributed by atoms with Crippen LogP contribution in [-0.2, 0) is 19.8 Å². The molecule has 2 amide bonds. The quantitative estimate of drug-likeness (QED) is 0.655. The van der Waals surface area contributed by atoms with Crippen molar-refractivity contribution in [2.75, 3.05) is 23.9 Å². The molecule has 0 aromatic heterocycles. The molecule has 3 unspecified atom stereocenters. The smallest absolute Gasteiger partial charge is 0.304 e. The van der Waals surface area contributed by atoms with Crippen LogP contribution in [0, 0.1) is 29.1 Å². The minimum absolute atomic E-state index is 0.00534. The van der Waals surface area contributed by atoms with Gasteiger partial charge in [-0.05, 0) is 73.3 Å². The summed E-state index contributed by atoms with van der Waals surface area (Å²) in [6.07, 6.45) is 5.51. The fourth-order valence-electron chi connectivity index (χ4n) is 7.40. The van der Waals surface area contributed by atoms with E-state index in [1.807, 2.05) is 25.1 Å². The molecule has 8 nitrogen and oxygen atoms in total. The fraction of sp³-hybridized carbons (Fsp3) is 0.667. The second kappa shape index (κ2) is 8.27. The summed E-state index contributed by atoms with van der Waals surface area (Å²) in [6.45, 7) is 2.58. The molecule has 1 aromatic rings. The Morgan fingerprint density at radius 3 is 2.39 bits per heavy atom. The molecule has 4 bridgehead atoms. The zero-order valence-electron chi connectivity index (χ0n) is 19.2. The average molecular weight is 475 g/mol. The summed E-state index contributed by atoms with van der Waals surface area (Å²) in [5, 5.41) is 3.21. The van der Waals surface area contributed by atoms with Crippen molar-refractivity contribution in [3.05, 3.63) is 30.3 Å². The molecule has 0 radical (unpaired) electrons. The van der Waals surface area contributed by atoms with Gasteiger partial charge in [-0.15, -0.1) is 0 Å². The summed E-state index contributed by atoms with van der Waals surface area (Å²) in [4.78, 5) is 24.8. The van der Waals surface area contributed by atoms with E-state index in [4.69, 9.17) is 5.73 Å². The Bertz CT molecular complexity index is 1010. The third-order valence-corrected chi connectivity index (χ3v) is 10.1. The first-order chi connectivity index (χ1) is 15.6. The van der Waals surface area contributed by atoms with Gasteiger partial charge in [0.05, 0.1) is 12.2 Å². The van der Waals surface area contributed by atoms with E-state index in [1.54, 1.807) is 12.1 Å². The molecular weight excluding hydrogens is 440 g/mol. The number of rotatable bonds is 6. The molecule has 0 spiro atoms. The summed E-state index contributed by atoms with van der Waals surface area (Å²) >= 11 is 0. The number of carbonyl (C=O) groups excluding carboxylic acids is 2. The molecule has 33 heavy (non-hydrogen) atoms. The van der Waals surface area contributed by atoms with Crippen LogP contribution >= 0.6 is 0 Å². The van der Waals surface area contributed by atoms with E-state index < -0.39 is 10.2 Å². The molecule has 9 heteroatoms. The number of hydrogen-bond acceptors (Lipinski definition) is 4. The summed E-state index contributed by atoms with van der Waals surface area (Å²) in [7, 11) is -3.78. The number of nitrogens with two attached hydrogens (primary N) is 1. The van der Waals surface area contributed by atoms with Crippen LogP contribution in [0.4, 0.5) is 5.69 Å². The van der Waals surface area contributed by atoms with Gasteiger partial charge in [-0.2, -0.15) is 12.7 Å². The van der Waals surface area contributed by atoms with Crippen LogP contribution in [-0.4, -0.2) is 50.2 Å².